The number of nitrogens with one attached hydrogen (secondary N) is 1. The Balaban J connectivity index is 2.13. The fourth-order valence-electron chi connectivity index (χ4n) is 2.19. The Labute approximate surface area is 127 Å². The van der Waals surface area contributed by atoms with Crippen LogP contribution in [0.25, 0.3) is 0 Å². The molecule has 0 amide bonds. The van der Waals surface area contributed by atoms with Gasteiger partial charge in [-0.15, -0.1) is 0 Å². The van der Waals surface area contributed by atoms with Crippen LogP contribution in [0.3, 0.4) is 0 Å². The molecule has 1 N–H and O–H groups in total. The lowest BCUT2D eigenvalue weighted by molar-refractivity contribution is 0.0599. The zero-order valence-electron chi connectivity index (χ0n) is 12.5. The summed E-state index contributed by atoms with van der Waals surface area (Å²) in [5.74, 6) is -0.786. The second-order valence-electron chi connectivity index (χ2n) is 4.78. The minimum atomic E-state index is -0.496. The number of ketones is 1. The van der Waals surface area contributed by atoms with E-state index in [0.717, 1.165) is 0 Å². The third-order valence-corrected chi connectivity index (χ3v) is 3.29. The Morgan fingerprint density at radius 3 is 2.41 bits per heavy atom. The summed E-state index contributed by atoms with van der Waals surface area (Å²) in [7, 11) is 1.29. The topological polar surface area (TPSA) is 68.4 Å². The number of methoxy groups -OCH3 is 1. The molecule has 0 aliphatic carbocycles. The summed E-state index contributed by atoms with van der Waals surface area (Å²) in [6, 6.07) is 5.38. The fourth-order valence-corrected chi connectivity index (χ4v) is 2.19. The summed E-state index contributed by atoms with van der Waals surface area (Å²) in [5.41, 5.74) is 1.75. The molecule has 0 spiro atoms. The molecule has 1 heterocycles. The van der Waals surface area contributed by atoms with E-state index in [-0.39, 0.29) is 18.2 Å². The van der Waals surface area contributed by atoms with Gasteiger partial charge >= 0.3 is 5.97 Å². The Morgan fingerprint density at radius 2 is 1.82 bits per heavy atom. The summed E-state index contributed by atoms with van der Waals surface area (Å²) in [4.78, 5) is 26.8. The van der Waals surface area contributed by atoms with Crippen molar-refractivity contribution < 1.29 is 23.5 Å². The zero-order chi connectivity index (χ0) is 16.3. The lowest BCUT2D eigenvalue weighted by atomic mass is 10.1. The van der Waals surface area contributed by atoms with Crippen molar-refractivity contribution in [2.45, 2.75) is 13.8 Å². The number of ether oxygens (including phenoxy) is 2. The van der Waals surface area contributed by atoms with Crippen molar-refractivity contribution in [3.8, 4) is 5.75 Å². The second-order valence-corrected chi connectivity index (χ2v) is 4.78. The SMILES string of the molecule is COC(=O)c1c(C)[nH]c(C(=O)COc2ccc(F)cc2)c1C. The number of carbonyl (C=O) groups excluding carboxylic acids is 2. The molecule has 2 rings (SSSR count). The lowest BCUT2D eigenvalue weighted by Gasteiger charge is -2.05. The van der Waals surface area contributed by atoms with Crippen LogP contribution in [-0.2, 0) is 4.74 Å². The average molecular weight is 305 g/mol. The number of aryl methyl sites for hydroxylation is 1. The summed E-state index contributed by atoms with van der Waals surface area (Å²) in [6.07, 6.45) is 0. The number of hydrogen-bond donors (Lipinski definition) is 1. The van der Waals surface area contributed by atoms with Crippen LogP contribution in [0.2, 0.25) is 0 Å². The van der Waals surface area contributed by atoms with Crippen molar-refractivity contribution in [1.29, 1.82) is 0 Å². The highest BCUT2D eigenvalue weighted by Gasteiger charge is 2.22. The van der Waals surface area contributed by atoms with Gasteiger partial charge in [0.25, 0.3) is 0 Å². The number of H-pyrrole nitrogens is 1. The fraction of sp³-hybridized carbons (Fsp3) is 0.250. The molecule has 22 heavy (non-hydrogen) atoms. The number of carbonyl (C=O) groups is 2. The number of rotatable bonds is 5. The molecule has 2 aromatic rings. The monoisotopic (exact) mass is 305 g/mol. The van der Waals surface area contributed by atoms with Crippen LogP contribution >= 0.6 is 0 Å². The number of Topliss-reactive ketones (excluding diaryl/α,β-unsaturated/α-hetero) is 1. The Morgan fingerprint density at radius 1 is 1.18 bits per heavy atom. The molecule has 5 nitrogen and oxygen atoms in total. The first-order valence-electron chi connectivity index (χ1n) is 6.63. The van der Waals surface area contributed by atoms with Crippen LogP contribution in [-0.4, -0.2) is 30.5 Å². The molecule has 6 heteroatoms. The highest BCUT2D eigenvalue weighted by molar-refractivity contribution is 6.02. The van der Waals surface area contributed by atoms with Crippen molar-refractivity contribution >= 4 is 11.8 Å². The normalized spacial score (nSPS) is 10.4. The highest BCUT2D eigenvalue weighted by atomic mass is 19.1. The smallest absolute Gasteiger partial charge is 0.339 e. The number of hydrogen-bond acceptors (Lipinski definition) is 4. The van der Waals surface area contributed by atoms with E-state index >= 15 is 0 Å². The van der Waals surface area contributed by atoms with E-state index in [0.29, 0.717) is 28.3 Å². The Bertz CT molecular complexity index is 704. The predicted molar refractivity (Wildman–Crippen MR) is 77.8 cm³/mol. The van der Waals surface area contributed by atoms with Gasteiger partial charge in [-0.05, 0) is 43.7 Å². The molecule has 1 aromatic heterocycles. The predicted octanol–water partition coefficient (Wildman–Crippen LogP) is 2.82. The maximum atomic E-state index is 12.8. The first-order valence-corrected chi connectivity index (χ1v) is 6.63. The van der Waals surface area contributed by atoms with E-state index in [2.05, 4.69) is 4.98 Å². The zero-order valence-corrected chi connectivity index (χ0v) is 12.5. The first kappa shape index (κ1) is 15.8. The largest absolute Gasteiger partial charge is 0.485 e. The Hall–Kier alpha value is -2.63. The average Bonchev–Trinajstić information content (AvgIpc) is 2.80. The van der Waals surface area contributed by atoms with E-state index in [4.69, 9.17) is 9.47 Å². The third-order valence-electron chi connectivity index (χ3n) is 3.29. The van der Waals surface area contributed by atoms with Gasteiger partial charge in [0, 0.05) is 5.69 Å². The minimum absolute atomic E-state index is 0.215. The van der Waals surface area contributed by atoms with Crippen molar-refractivity contribution in [3.05, 3.63) is 52.6 Å². The van der Waals surface area contributed by atoms with Crippen LogP contribution in [0, 0.1) is 19.7 Å². The van der Waals surface area contributed by atoms with Gasteiger partial charge in [0.15, 0.2) is 6.61 Å². The van der Waals surface area contributed by atoms with Gasteiger partial charge in [0.2, 0.25) is 5.78 Å². The molecule has 0 bridgehead atoms. The van der Waals surface area contributed by atoms with E-state index in [1.807, 2.05) is 0 Å². The molecule has 0 fully saturated rings. The molecular weight excluding hydrogens is 289 g/mol. The third kappa shape index (κ3) is 3.16. The van der Waals surface area contributed by atoms with E-state index in [9.17, 15) is 14.0 Å². The lowest BCUT2D eigenvalue weighted by Crippen LogP contribution is -2.13. The van der Waals surface area contributed by atoms with Crippen molar-refractivity contribution in [2.24, 2.45) is 0 Å². The maximum absolute atomic E-state index is 12.8. The van der Waals surface area contributed by atoms with Gasteiger partial charge in [0.1, 0.15) is 11.6 Å². The van der Waals surface area contributed by atoms with Gasteiger partial charge in [-0.1, -0.05) is 0 Å². The summed E-state index contributed by atoms with van der Waals surface area (Å²) in [6.45, 7) is 3.14. The maximum Gasteiger partial charge on any atom is 0.339 e. The van der Waals surface area contributed by atoms with Crippen molar-refractivity contribution in [2.75, 3.05) is 13.7 Å². The molecule has 0 aliphatic heterocycles. The summed E-state index contributed by atoms with van der Waals surface area (Å²) in [5, 5.41) is 0. The number of benzene rings is 1. The van der Waals surface area contributed by atoms with Crippen molar-refractivity contribution in [3.63, 3.8) is 0 Å². The molecule has 0 saturated carbocycles. The van der Waals surface area contributed by atoms with Gasteiger partial charge in [-0.2, -0.15) is 0 Å². The van der Waals surface area contributed by atoms with Crippen LogP contribution in [0.5, 0.6) is 5.75 Å². The van der Waals surface area contributed by atoms with Gasteiger partial charge in [-0.3, -0.25) is 4.79 Å². The molecule has 0 unspecified atom stereocenters. The van der Waals surface area contributed by atoms with Gasteiger partial charge in [0.05, 0.1) is 18.4 Å². The minimum Gasteiger partial charge on any atom is -0.485 e. The summed E-state index contributed by atoms with van der Waals surface area (Å²) >= 11 is 0. The molecular formula is C16H16FNO4. The molecule has 0 aliphatic rings. The molecule has 0 radical (unpaired) electrons. The van der Waals surface area contributed by atoms with Crippen LogP contribution < -0.4 is 4.74 Å². The standard InChI is InChI=1S/C16H16FNO4/c1-9-14(16(20)21-3)10(2)18-15(9)13(19)8-22-12-6-4-11(17)5-7-12/h4-7,18H,8H2,1-3H3. The van der Waals surface area contributed by atoms with E-state index in [1.165, 1.54) is 31.4 Å². The van der Waals surface area contributed by atoms with E-state index in [1.54, 1.807) is 13.8 Å². The number of halogens is 1. The quantitative estimate of drug-likeness (QED) is 0.681. The highest BCUT2D eigenvalue weighted by Crippen LogP contribution is 2.20. The Kier molecular flexibility index (Phi) is 4.60. The first-order chi connectivity index (χ1) is 10.4. The number of aromatic nitrogens is 1. The molecule has 0 saturated heterocycles. The van der Waals surface area contributed by atoms with Gasteiger partial charge < -0.3 is 14.5 Å². The molecule has 116 valence electrons. The summed E-state index contributed by atoms with van der Waals surface area (Å²) < 4.78 is 22.8. The number of esters is 1. The molecule has 0 atom stereocenters. The van der Waals surface area contributed by atoms with Crippen LogP contribution in [0.15, 0.2) is 24.3 Å². The van der Waals surface area contributed by atoms with Gasteiger partial charge in [-0.25, -0.2) is 9.18 Å². The number of aromatic amines is 1. The second kappa shape index (κ2) is 6.43. The van der Waals surface area contributed by atoms with E-state index < -0.39 is 5.97 Å². The van der Waals surface area contributed by atoms with Crippen LogP contribution in [0.1, 0.15) is 32.1 Å². The molecule has 1 aromatic carbocycles. The van der Waals surface area contributed by atoms with Crippen molar-refractivity contribution in [1.82, 2.24) is 4.98 Å². The van der Waals surface area contributed by atoms with Crippen LogP contribution in [0.4, 0.5) is 4.39 Å².